The number of nitrogens with one attached hydrogen (secondary N) is 1. The number of anilines is 1. The van der Waals surface area contributed by atoms with Gasteiger partial charge in [0.05, 0.1) is 10.6 Å². The number of rotatable bonds is 12. The van der Waals surface area contributed by atoms with E-state index in [0.717, 1.165) is 42.0 Å². The molecule has 4 aromatic carbocycles. The minimum absolute atomic E-state index is 0.0334. The van der Waals surface area contributed by atoms with E-state index in [4.69, 9.17) is 46.4 Å². The zero-order chi connectivity index (χ0) is 34.3. The van der Waals surface area contributed by atoms with Gasteiger partial charge in [-0.25, -0.2) is 8.42 Å². The highest BCUT2D eigenvalue weighted by atomic mass is 35.5. The van der Waals surface area contributed by atoms with Crippen molar-refractivity contribution in [3.8, 4) is 0 Å². The molecule has 1 fully saturated rings. The summed E-state index contributed by atoms with van der Waals surface area (Å²) < 4.78 is 29.3. The van der Waals surface area contributed by atoms with E-state index in [2.05, 4.69) is 5.32 Å². The SMILES string of the molecule is O=C(NC1CCCCC1)[C@@H](Cc1ccccc1)N(Cc1c(Cl)cccc1Cl)C(=O)CN(c1cc(Cl)cc(Cl)c1)S(=O)(=O)c1ccccc1. The van der Waals surface area contributed by atoms with Crippen LogP contribution >= 0.6 is 46.4 Å². The van der Waals surface area contributed by atoms with Gasteiger partial charge in [-0.05, 0) is 60.9 Å². The standard InChI is InChI=1S/C36H35Cl4N3O4S/c37-26-20-27(38)22-29(21-26)43(48(46,47)30-15-8-3-9-16-30)24-35(44)42(23-31-32(39)17-10-18-33(31)40)34(19-25-11-4-1-5-12-25)36(45)41-28-13-6-2-7-14-28/h1,3-5,8-12,15-18,20-22,28,34H,2,6-7,13-14,19,23-24H2,(H,41,45)/t34-/m1/s1. The molecule has 7 nitrogen and oxygen atoms in total. The average Bonchev–Trinajstić information content (AvgIpc) is 3.07. The van der Waals surface area contributed by atoms with Crippen LogP contribution in [0.3, 0.4) is 0 Å². The van der Waals surface area contributed by atoms with Gasteiger partial charge in [0.2, 0.25) is 11.8 Å². The third-order valence-electron chi connectivity index (χ3n) is 8.36. The van der Waals surface area contributed by atoms with E-state index in [1.54, 1.807) is 36.4 Å². The van der Waals surface area contributed by atoms with Crippen LogP contribution in [-0.2, 0) is 32.6 Å². The summed E-state index contributed by atoms with van der Waals surface area (Å²) in [5.74, 6) is -0.994. The molecule has 0 aromatic heterocycles. The lowest BCUT2D eigenvalue weighted by Gasteiger charge is -2.35. The Kier molecular flexibility index (Phi) is 12.3. The van der Waals surface area contributed by atoms with Crippen LogP contribution in [0.4, 0.5) is 5.69 Å². The highest BCUT2D eigenvalue weighted by molar-refractivity contribution is 7.92. The Hall–Kier alpha value is -3.27. The summed E-state index contributed by atoms with van der Waals surface area (Å²) in [6.07, 6.45) is 4.96. The van der Waals surface area contributed by atoms with E-state index in [-0.39, 0.29) is 45.5 Å². The zero-order valence-electron chi connectivity index (χ0n) is 26.0. The zero-order valence-corrected chi connectivity index (χ0v) is 29.8. The highest BCUT2D eigenvalue weighted by Gasteiger charge is 2.36. The number of benzene rings is 4. The maximum absolute atomic E-state index is 14.7. The van der Waals surface area contributed by atoms with Gasteiger partial charge >= 0.3 is 0 Å². The summed E-state index contributed by atoms with van der Waals surface area (Å²) in [5, 5.41) is 4.17. The monoisotopic (exact) mass is 745 g/mol. The lowest BCUT2D eigenvalue weighted by Crippen LogP contribution is -2.55. The average molecular weight is 748 g/mol. The molecule has 2 amide bonds. The molecule has 1 aliphatic rings. The van der Waals surface area contributed by atoms with Crippen LogP contribution in [0.5, 0.6) is 0 Å². The maximum Gasteiger partial charge on any atom is 0.264 e. The first-order valence-electron chi connectivity index (χ1n) is 15.6. The van der Waals surface area contributed by atoms with E-state index < -0.39 is 28.5 Å². The predicted molar refractivity (Wildman–Crippen MR) is 193 cm³/mol. The van der Waals surface area contributed by atoms with Crippen LogP contribution < -0.4 is 9.62 Å². The van der Waals surface area contributed by atoms with E-state index in [9.17, 15) is 18.0 Å². The topological polar surface area (TPSA) is 86.8 Å². The van der Waals surface area contributed by atoms with Crippen molar-refractivity contribution in [2.45, 2.75) is 62.0 Å². The largest absolute Gasteiger partial charge is 0.352 e. The Balaban J connectivity index is 1.60. The number of carbonyl (C=O) groups excluding carboxylic acids is 2. The molecule has 0 saturated heterocycles. The molecule has 0 heterocycles. The number of sulfonamides is 1. The third-order valence-corrected chi connectivity index (χ3v) is 11.3. The molecule has 252 valence electrons. The first-order valence-corrected chi connectivity index (χ1v) is 18.6. The van der Waals surface area contributed by atoms with Gasteiger partial charge in [-0.1, -0.05) is 120 Å². The normalized spacial score (nSPS) is 14.2. The highest BCUT2D eigenvalue weighted by Crippen LogP contribution is 2.32. The van der Waals surface area contributed by atoms with Crippen LogP contribution in [-0.4, -0.2) is 43.8 Å². The molecule has 1 N–H and O–H groups in total. The van der Waals surface area contributed by atoms with Crippen molar-refractivity contribution in [3.63, 3.8) is 0 Å². The van der Waals surface area contributed by atoms with Crippen LogP contribution in [0, 0.1) is 0 Å². The van der Waals surface area contributed by atoms with Crippen molar-refractivity contribution in [1.82, 2.24) is 10.2 Å². The molecule has 4 aromatic rings. The molecule has 0 aliphatic heterocycles. The summed E-state index contributed by atoms with van der Waals surface area (Å²) in [6, 6.07) is 25.4. The molecule has 0 spiro atoms. The van der Waals surface area contributed by atoms with Gasteiger partial charge in [-0.3, -0.25) is 13.9 Å². The first-order chi connectivity index (χ1) is 23.0. The van der Waals surface area contributed by atoms with Crippen molar-refractivity contribution in [3.05, 3.63) is 128 Å². The quantitative estimate of drug-likeness (QED) is 0.157. The molecular formula is C36H35Cl4N3O4S. The fourth-order valence-electron chi connectivity index (χ4n) is 5.88. The molecular weight excluding hydrogens is 712 g/mol. The van der Waals surface area contributed by atoms with E-state index >= 15 is 0 Å². The summed E-state index contributed by atoms with van der Waals surface area (Å²) in [7, 11) is -4.32. The van der Waals surface area contributed by atoms with Gasteiger partial charge in [0.1, 0.15) is 12.6 Å². The summed E-state index contributed by atoms with van der Waals surface area (Å²) in [6.45, 7) is -0.819. The number of carbonyl (C=O) groups is 2. The molecule has 0 bridgehead atoms. The van der Waals surface area contributed by atoms with Gasteiger partial charge in [0.15, 0.2) is 0 Å². The van der Waals surface area contributed by atoms with Gasteiger partial charge < -0.3 is 10.2 Å². The third kappa shape index (κ3) is 9.04. The van der Waals surface area contributed by atoms with Crippen molar-refractivity contribution in [2.24, 2.45) is 0 Å². The summed E-state index contributed by atoms with van der Waals surface area (Å²) in [5.41, 5.74) is 1.34. The molecule has 12 heteroatoms. The van der Waals surface area contributed by atoms with Crippen molar-refractivity contribution >= 4 is 73.9 Å². The van der Waals surface area contributed by atoms with E-state index in [1.807, 2.05) is 30.3 Å². The number of amides is 2. The van der Waals surface area contributed by atoms with E-state index in [0.29, 0.717) is 15.6 Å². The fraction of sp³-hybridized carbons (Fsp3) is 0.278. The first kappa shape index (κ1) is 36.0. The van der Waals surface area contributed by atoms with Crippen molar-refractivity contribution < 1.29 is 18.0 Å². The molecule has 0 unspecified atom stereocenters. The molecule has 5 rings (SSSR count). The van der Waals surface area contributed by atoms with Gasteiger partial charge in [-0.15, -0.1) is 0 Å². The Morgan fingerprint density at radius 3 is 1.96 bits per heavy atom. The Bertz CT molecular complexity index is 1800. The molecule has 48 heavy (non-hydrogen) atoms. The second kappa shape index (κ2) is 16.4. The Morgan fingerprint density at radius 1 is 0.771 bits per heavy atom. The predicted octanol–water partition coefficient (Wildman–Crippen LogP) is 8.58. The van der Waals surface area contributed by atoms with Crippen LogP contribution in [0.1, 0.15) is 43.2 Å². The van der Waals surface area contributed by atoms with Crippen LogP contribution in [0.15, 0.2) is 102 Å². The summed E-state index contributed by atoms with van der Waals surface area (Å²) >= 11 is 25.9. The van der Waals surface area contributed by atoms with Gasteiger partial charge in [0.25, 0.3) is 10.0 Å². The lowest BCUT2D eigenvalue weighted by molar-refractivity contribution is -0.140. The molecule has 1 saturated carbocycles. The van der Waals surface area contributed by atoms with Gasteiger partial charge in [0, 0.05) is 44.7 Å². The lowest BCUT2D eigenvalue weighted by atomic mass is 9.94. The van der Waals surface area contributed by atoms with E-state index in [1.165, 1.54) is 35.2 Å². The minimum Gasteiger partial charge on any atom is -0.352 e. The second-order valence-electron chi connectivity index (χ2n) is 11.7. The van der Waals surface area contributed by atoms with Crippen LogP contribution in [0.25, 0.3) is 0 Å². The van der Waals surface area contributed by atoms with Crippen molar-refractivity contribution in [2.75, 3.05) is 10.8 Å². The maximum atomic E-state index is 14.7. The number of nitrogens with zero attached hydrogens (tertiary/aromatic N) is 2. The Labute approximate surface area is 301 Å². The summed E-state index contributed by atoms with van der Waals surface area (Å²) in [4.78, 5) is 30.3. The molecule has 0 radical (unpaired) electrons. The molecule has 1 atom stereocenters. The number of hydrogen-bond donors (Lipinski definition) is 1. The van der Waals surface area contributed by atoms with Crippen LogP contribution in [0.2, 0.25) is 20.1 Å². The molecule has 1 aliphatic carbocycles. The number of halogens is 4. The van der Waals surface area contributed by atoms with Crippen molar-refractivity contribution in [1.29, 1.82) is 0 Å². The van der Waals surface area contributed by atoms with Gasteiger partial charge in [-0.2, -0.15) is 0 Å². The second-order valence-corrected chi connectivity index (χ2v) is 15.3. The Morgan fingerprint density at radius 2 is 1.35 bits per heavy atom. The minimum atomic E-state index is -4.32. The fourth-order valence-corrected chi connectivity index (χ4v) is 8.33. The number of hydrogen-bond acceptors (Lipinski definition) is 4. The smallest absolute Gasteiger partial charge is 0.264 e.